The Bertz CT molecular complexity index is 280. The molecule has 0 amide bonds. The lowest BCUT2D eigenvalue weighted by atomic mass is 9.96. The molecule has 70 valence electrons. The topological polar surface area (TPSA) is 46.0 Å². The van der Waals surface area contributed by atoms with E-state index in [9.17, 15) is 5.11 Å². The van der Waals surface area contributed by atoms with Gasteiger partial charge in [-0.15, -0.1) is 0 Å². The summed E-state index contributed by atoms with van der Waals surface area (Å²) in [4.78, 5) is 8.33. The van der Waals surface area contributed by atoms with Crippen molar-refractivity contribution < 1.29 is 5.11 Å². The van der Waals surface area contributed by atoms with Gasteiger partial charge in [-0.3, -0.25) is 0 Å². The van der Waals surface area contributed by atoms with Gasteiger partial charge in [0.1, 0.15) is 5.82 Å². The van der Waals surface area contributed by atoms with Crippen molar-refractivity contribution in [1.82, 2.24) is 9.97 Å². The molecular formula is C10H14N2O. The Kier molecular flexibility index (Phi) is 2.04. The van der Waals surface area contributed by atoms with Crippen molar-refractivity contribution in [2.45, 2.75) is 32.3 Å². The summed E-state index contributed by atoms with van der Waals surface area (Å²) in [5.74, 6) is 0.848. The van der Waals surface area contributed by atoms with Crippen LogP contribution in [0.1, 0.15) is 25.6 Å². The Hall–Kier alpha value is -0.960. The van der Waals surface area contributed by atoms with E-state index in [1.165, 1.54) is 0 Å². The molecule has 3 heteroatoms. The molecule has 1 fully saturated rings. The summed E-state index contributed by atoms with van der Waals surface area (Å²) in [5.41, 5.74) is 0.0847. The third-order valence-corrected chi connectivity index (χ3v) is 2.91. The summed E-state index contributed by atoms with van der Waals surface area (Å²) >= 11 is 0. The molecular weight excluding hydrogens is 164 g/mol. The second-order valence-corrected chi connectivity index (χ2v) is 3.88. The fourth-order valence-electron chi connectivity index (χ4n) is 1.64. The van der Waals surface area contributed by atoms with Crippen LogP contribution in [0.4, 0.5) is 0 Å². The van der Waals surface area contributed by atoms with Crippen LogP contribution in [-0.4, -0.2) is 21.2 Å². The fourth-order valence-corrected chi connectivity index (χ4v) is 1.64. The first kappa shape index (κ1) is 8.63. The van der Waals surface area contributed by atoms with E-state index in [0.29, 0.717) is 0 Å². The largest absolute Gasteiger partial charge is 0.393 e. The molecule has 13 heavy (non-hydrogen) atoms. The normalized spacial score (nSPS) is 21.1. The van der Waals surface area contributed by atoms with Crippen molar-refractivity contribution in [2.24, 2.45) is 5.41 Å². The summed E-state index contributed by atoms with van der Waals surface area (Å²) in [7, 11) is 0. The number of nitrogens with zero attached hydrogens (tertiary/aromatic N) is 2. The molecule has 1 aliphatic rings. The highest BCUT2D eigenvalue weighted by Crippen LogP contribution is 2.50. The quantitative estimate of drug-likeness (QED) is 0.756. The molecule has 1 aromatic heterocycles. The summed E-state index contributed by atoms with van der Waals surface area (Å²) in [5, 5.41) is 9.55. The Morgan fingerprint density at radius 1 is 1.46 bits per heavy atom. The predicted octanol–water partition coefficient (Wildman–Crippen LogP) is 1.18. The Morgan fingerprint density at radius 2 is 2.08 bits per heavy atom. The van der Waals surface area contributed by atoms with Gasteiger partial charge in [-0.2, -0.15) is 0 Å². The molecule has 0 saturated heterocycles. The lowest BCUT2D eigenvalue weighted by molar-refractivity contribution is 0.109. The van der Waals surface area contributed by atoms with Crippen molar-refractivity contribution in [1.29, 1.82) is 0 Å². The van der Waals surface area contributed by atoms with Crippen molar-refractivity contribution in [3.05, 3.63) is 24.3 Å². The molecule has 0 spiro atoms. The first-order chi connectivity index (χ1) is 6.23. The van der Waals surface area contributed by atoms with Gasteiger partial charge in [0.25, 0.3) is 0 Å². The van der Waals surface area contributed by atoms with Crippen LogP contribution in [0.5, 0.6) is 0 Å². The number of aliphatic hydroxyl groups is 1. The Balaban J connectivity index is 2.07. The zero-order valence-corrected chi connectivity index (χ0v) is 7.77. The molecule has 3 nitrogen and oxygen atoms in total. The van der Waals surface area contributed by atoms with E-state index < -0.39 is 0 Å². The lowest BCUT2D eigenvalue weighted by Gasteiger charge is -2.16. The van der Waals surface area contributed by atoms with Gasteiger partial charge in [-0.25, -0.2) is 9.97 Å². The number of hydrogen-bond acceptors (Lipinski definition) is 3. The van der Waals surface area contributed by atoms with E-state index in [2.05, 4.69) is 9.97 Å². The van der Waals surface area contributed by atoms with E-state index in [1.54, 1.807) is 12.4 Å². The van der Waals surface area contributed by atoms with Gasteiger partial charge in [0, 0.05) is 24.2 Å². The highest BCUT2D eigenvalue weighted by Gasteiger charge is 2.47. The summed E-state index contributed by atoms with van der Waals surface area (Å²) in [6.07, 6.45) is 6.27. The molecule has 0 radical (unpaired) electrons. The SMILES string of the molecule is CC(O)C1(Cc2ncccn2)CC1. The van der Waals surface area contributed by atoms with Crippen LogP contribution in [0.25, 0.3) is 0 Å². The molecule has 1 heterocycles. The van der Waals surface area contributed by atoms with Gasteiger partial charge >= 0.3 is 0 Å². The molecule has 0 aromatic carbocycles. The third kappa shape index (κ3) is 1.70. The van der Waals surface area contributed by atoms with Gasteiger partial charge in [0.15, 0.2) is 0 Å². The van der Waals surface area contributed by atoms with E-state index in [1.807, 2.05) is 13.0 Å². The van der Waals surface area contributed by atoms with Crippen molar-refractivity contribution in [3.8, 4) is 0 Å². The maximum absolute atomic E-state index is 9.55. The van der Waals surface area contributed by atoms with E-state index >= 15 is 0 Å². The van der Waals surface area contributed by atoms with E-state index in [4.69, 9.17) is 0 Å². The van der Waals surface area contributed by atoms with Crippen LogP contribution in [-0.2, 0) is 6.42 Å². The minimum Gasteiger partial charge on any atom is -0.393 e. The second-order valence-electron chi connectivity index (χ2n) is 3.88. The predicted molar refractivity (Wildman–Crippen MR) is 49.1 cm³/mol. The van der Waals surface area contributed by atoms with Crippen molar-refractivity contribution >= 4 is 0 Å². The highest BCUT2D eigenvalue weighted by atomic mass is 16.3. The fraction of sp³-hybridized carbons (Fsp3) is 0.600. The third-order valence-electron chi connectivity index (χ3n) is 2.91. The molecule has 1 atom stereocenters. The molecule has 1 unspecified atom stereocenters. The number of aromatic nitrogens is 2. The first-order valence-electron chi connectivity index (χ1n) is 4.67. The number of hydrogen-bond donors (Lipinski definition) is 1. The minimum absolute atomic E-state index is 0.0847. The van der Waals surface area contributed by atoms with Gasteiger partial charge in [0.05, 0.1) is 6.10 Å². The van der Waals surface area contributed by atoms with Crippen LogP contribution < -0.4 is 0 Å². The maximum atomic E-state index is 9.55. The van der Waals surface area contributed by atoms with Crippen LogP contribution in [0.15, 0.2) is 18.5 Å². The maximum Gasteiger partial charge on any atom is 0.128 e. The molecule has 2 rings (SSSR count). The van der Waals surface area contributed by atoms with Gasteiger partial charge in [-0.05, 0) is 25.8 Å². The van der Waals surface area contributed by atoms with Crippen molar-refractivity contribution in [3.63, 3.8) is 0 Å². The Labute approximate surface area is 77.8 Å². The zero-order valence-electron chi connectivity index (χ0n) is 7.77. The van der Waals surface area contributed by atoms with Crippen LogP contribution >= 0.6 is 0 Å². The number of aliphatic hydroxyl groups excluding tert-OH is 1. The summed E-state index contributed by atoms with van der Waals surface area (Å²) in [6.45, 7) is 1.86. The first-order valence-corrected chi connectivity index (χ1v) is 4.67. The molecule has 1 aromatic rings. The smallest absolute Gasteiger partial charge is 0.128 e. The minimum atomic E-state index is -0.240. The standard InChI is InChI=1S/C10H14N2O/c1-8(13)10(3-4-10)7-9-11-5-2-6-12-9/h2,5-6,8,13H,3-4,7H2,1H3. The van der Waals surface area contributed by atoms with Crippen LogP contribution in [0.2, 0.25) is 0 Å². The molecule has 1 N–H and O–H groups in total. The van der Waals surface area contributed by atoms with Gasteiger partial charge in [-0.1, -0.05) is 0 Å². The van der Waals surface area contributed by atoms with Crippen LogP contribution in [0, 0.1) is 5.41 Å². The monoisotopic (exact) mass is 178 g/mol. The Morgan fingerprint density at radius 3 is 2.54 bits per heavy atom. The summed E-state index contributed by atoms with van der Waals surface area (Å²) < 4.78 is 0. The lowest BCUT2D eigenvalue weighted by Crippen LogP contribution is -2.21. The average molecular weight is 178 g/mol. The summed E-state index contributed by atoms with van der Waals surface area (Å²) in [6, 6.07) is 1.81. The van der Waals surface area contributed by atoms with Crippen molar-refractivity contribution in [2.75, 3.05) is 0 Å². The average Bonchev–Trinajstić information content (AvgIpc) is 2.87. The van der Waals surface area contributed by atoms with Gasteiger partial charge in [0.2, 0.25) is 0 Å². The highest BCUT2D eigenvalue weighted by molar-refractivity contribution is 5.04. The molecule has 0 bridgehead atoms. The molecule has 0 aliphatic heterocycles. The molecule has 1 aliphatic carbocycles. The van der Waals surface area contributed by atoms with Crippen LogP contribution in [0.3, 0.4) is 0 Å². The van der Waals surface area contributed by atoms with Gasteiger partial charge < -0.3 is 5.11 Å². The van der Waals surface area contributed by atoms with E-state index in [-0.39, 0.29) is 11.5 Å². The second kappa shape index (κ2) is 3.07. The zero-order chi connectivity index (χ0) is 9.31. The molecule has 1 saturated carbocycles. The number of rotatable bonds is 3. The van der Waals surface area contributed by atoms with E-state index in [0.717, 1.165) is 25.1 Å².